The lowest BCUT2D eigenvalue weighted by molar-refractivity contribution is 0.0935. The third kappa shape index (κ3) is 3.03. The van der Waals surface area contributed by atoms with Gasteiger partial charge in [0, 0.05) is 18.0 Å². The number of aromatic nitrogens is 3. The summed E-state index contributed by atoms with van der Waals surface area (Å²) in [4.78, 5) is 16.3. The largest absolute Gasteiger partial charge is 0.344 e. The zero-order chi connectivity index (χ0) is 15.4. The van der Waals surface area contributed by atoms with Gasteiger partial charge in [-0.25, -0.2) is 0 Å². The van der Waals surface area contributed by atoms with E-state index in [1.807, 2.05) is 49.4 Å². The first-order valence-corrected chi connectivity index (χ1v) is 7.05. The Labute approximate surface area is 128 Å². The van der Waals surface area contributed by atoms with Crippen LogP contribution in [0.15, 0.2) is 60.9 Å². The summed E-state index contributed by atoms with van der Waals surface area (Å²) in [6.07, 6.45) is 3.45. The van der Waals surface area contributed by atoms with Gasteiger partial charge in [-0.05, 0) is 24.6 Å². The van der Waals surface area contributed by atoms with Crippen LogP contribution in [0, 0.1) is 0 Å². The molecule has 5 heteroatoms. The van der Waals surface area contributed by atoms with Crippen LogP contribution in [0.2, 0.25) is 0 Å². The van der Waals surface area contributed by atoms with Gasteiger partial charge >= 0.3 is 0 Å². The molecule has 1 amide bonds. The van der Waals surface area contributed by atoms with Crippen molar-refractivity contribution in [2.75, 3.05) is 0 Å². The molecule has 0 aliphatic rings. The standard InChI is InChI=1S/C17H16N4O/c1-12(14-8-5-9-18-11-14)19-17(22)16-10-15(20-21-16)13-6-3-2-4-7-13/h2-12H,1H3,(H,19,22)(H,20,21)/t12-/m1/s1. The van der Waals surface area contributed by atoms with Crippen LogP contribution >= 0.6 is 0 Å². The number of nitrogens with zero attached hydrogens (tertiary/aromatic N) is 2. The molecule has 0 unspecified atom stereocenters. The van der Waals surface area contributed by atoms with Crippen molar-refractivity contribution < 1.29 is 4.79 Å². The average molecular weight is 292 g/mol. The van der Waals surface area contributed by atoms with Gasteiger partial charge in [-0.3, -0.25) is 14.9 Å². The van der Waals surface area contributed by atoms with Gasteiger partial charge in [-0.15, -0.1) is 0 Å². The summed E-state index contributed by atoms with van der Waals surface area (Å²) in [5.41, 5.74) is 3.12. The van der Waals surface area contributed by atoms with Crippen molar-refractivity contribution in [2.24, 2.45) is 0 Å². The highest BCUT2D eigenvalue weighted by atomic mass is 16.2. The minimum Gasteiger partial charge on any atom is -0.344 e. The van der Waals surface area contributed by atoms with E-state index in [-0.39, 0.29) is 11.9 Å². The van der Waals surface area contributed by atoms with Crippen LogP contribution in [0.4, 0.5) is 0 Å². The number of aromatic amines is 1. The minimum atomic E-state index is -0.189. The van der Waals surface area contributed by atoms with Crippen molar-refractivity contribution in [3.05, 3.63) is 72.2 Å². The van der Waals surface area contributed by atoms with Crippen molar-refractivity contribution in [1.82, 2.24) is 20.5 Å². The van der Waals surface area contributed by atoms with Crippen LogP contribution < -0.4 is 5.32 Å². The fraction of sp³-hybridized carbons (Fsp3) is 0.118. The number of hydrogen-bond donors (Lipinski definition) is 2. The number of benzene rings is 1. The van der Waals surface area contributed by atoms with Crippen LogP contribution in [-0.2, 0) is 0 Å². The lowest BCUT2D eigenvalue weighted by Gasteiger charge is -2.12. The Kier molecular flexibility index (Phi) is 3.96. The number of carbonyl (C=O) groups is 1. The van der Waals surface area contributed by atoms with Crippen molar-refractivity contribution in [3.8, 4) is 11.3 Å². The number of nitrogens with one attached hydrogen (secondary N) is 2. The first-order valence-electron chi connectivity index (χ1n) is 7.05. The van der Waals surface area contributed by atoms with E-state index in [0.29, 0.717) is 5.69 Å². The molecule has 0 saturated carbocycles. The van der Waals surface area contributed by atoms with Gasteiger partial charge in [0.1, 0.15) is 5.69 Å². The molecule has 1 atom stereocenters. The second-order valence-corrected chi connectivity index (χ2v) is 5.01. The lowest BCUT2D eigenvalue weighted by atomic mass is 10.1. The monoisotopic (exact) mass is 292 g/mol. The number of pyridine rings is 1. The highest BCUT2D eigenvalue weighted by Crippen LogP contribution is 2.17. The number of H-pyrrole nitrogens is 1. The van der Waals surface area contributed by atoms with E-state index in [1.54, 1.807) is 18.5 Å². The number of hydrogen-bond acceptors (Lipinski definition) is 3. The quantitative estimate of drug-likeness (QED) is 0.776. The summed E-state index contributed by atoms with van der Waals surface area (Å²) in [6, 6.07) is 15.1. The number of carbonyl (C=O) groups excluding carboxylic acids is 1. The molecule has 3 rings (SSSR count). The molecule has 2 heterocycles. The van der Waals surface area contributed by atoms with Crippen molar-refractivity contribution >= 4 is 5.91 Å². The SMILES string of the molecule is C[C@@H](NC(=O)c1cc(-c2ccccc2)n[nH]1)c1cccnc1. The second-order valence-electron chi connectivity index (χ2n) is 5.01. The van der Waals surface area contributed by atoms with Gasteiger partial charge in [-0.2, -0.15) is 5.10 Å². The predicted molar refractivity (Wildman–Crippen MR) is 84.1 cm³/mol. The third-order valence-corrected chi connectivity index (χ3v) is 3.42. The van der Waals surface area contributed by atoms with Gasteiger partial charge in [0.05, 0.1) is 11.7 Å². The minimum absolute atomic E-state index is 0.121. The molecule has 5 nitrogen and oxygen atoms in total. The Hall–Kier alpha value is -2.95. The van der Waals surface area contributed by atoms with Gasteiger partial charge in [0.2, 0.25) is 0 Å². The molecule has 2 N–H and O–H groups in total. The summed E-state index contributed by atoms with van der Waals surface area (Å²) in [5.74, 6) is -0.189. The zero-order valence-corrected chi connectivity index (χ0v) is 12.2. The summed E-state index contributed by atoms with van der Waals surface area (Å²) in [6.45, 7) is 1.92. The molecule has 0 spiro atoms. The topological polar surface area (TPSA) is 70.7 Å². The summed E-state index contributed by atoms with van der Waals surface area (Å²) in [7, 11) is 0. The van der Waals surface area contributed by atoms with E-state index in [0.717, 1.165) is 16.8 Å². The molecule has 110 valence electrons. The van der Waals surface area contributed by atoms with E-state index >= 15 is 0 Å². The molecular formula is C17H16N4O. The molecular weight excluding hydrogens is 276 g/mol. The van der Waals surface area contributed by atoms with Crippen molar-refractivity contribution in [3.63, 3.8) is 0 Å². The molecule has 3 aromatic rings. The fourth-order valence-electron chi connectivity index (χ4n) is 2.18. The molecule has 0 saturated heterocycles. The highest BCUT2D eigenvalue weighted by Gasteiger charge is 2.14. The van der Waals surface area contributed by atoms with Crippen LogP contribution in [0.3, 0.4) is 0 Å². The Morgan fingerprint density at radius 2 is 2.00 bits per heavy atom. The smallest absolute Gasteiger partial charge is 0.269 e. The van der Waals surface area contributed by atoms with E-state index in [9.17, 15) is 4.79 Å². The molecule has 22 heavy (non-hydrogen) atoms. The molecule has 0 aliphatic heterocycles. The maximum absolute atomic E-state index is 12.3. The Morgan fingerprint density at radius 3 is 2.73 bits per heavy atom. The van der Waals surface area contributed by atoms with Gasteiger partial charge in [0.25, 0.3) is 5.91 Å². The van der Waals surface area contributed by atoms with E-state index < -0.39 is 0 Å². The molecule has 0 fully saturated rings. The van der Waals surface area contributed by atoms with Crippen LogP contribution in [0.25, 0.3) is 11.3 Å². The second kappa shape index (κ2) is 6.22. The van der Waals surface area contributed by atoms with Crippen LogP contribution in [0.5, 0.6) is 0 Å². The first kappa shape index (κ1) is 14.0. The van der Waals surface area contributed by atoms with Crippen molar-refractivity contribution in [2.45, 2.75) is 13.0 Å². The van der Waals surface area contributed by atoms with E-state index in [2.05, 4.69) is 20.5 Å². The molecule has 0 bridgehead atoms. The fourth-order valence-corrected chi connectivity index (χ4v) is 2.18. The Morgan fingerprint density at radius 1 is 1.18 bits per heavy atom. The number of rotatable bonds is 4. The average Bonchev–Trinajstić information content (AvgIpc) is 3.06. The predicted octanol–water partition coefficient (Wildman–Crippen LogP) is 2.96. The zero-order valence-electron chi connectivity index (χ0n) is 12.2. The molecule has 1 aromatic carbocycles. The van der Waals surface area contributed by atoms with Gasteiger partial charge in [0.15, 0.2) is 0 Å². The molecule has 2 aromatic heterocycles. The van der Waals surface area contributed by atoms with E-state index in [4.69, 9.17) is 0 Å². The van der Waals surface area contributed by atoms with E-state index in [1.165, 1.54) is 0 Å². The lowest BCUT2D eigenvalue weighted by Crippen LogP contribution is -2.27. The molecule has 0 radical (unpaired) electrons. The summed E-state index contributed by atoms with van der Waals surface area (Å²) < 4.78 is 0. The highest BCUT2D eigenvalue weighted by molar-refractivity contribution is 5.93. The maximum Gasteiger partial charge on any atom is 0.269 e. The van der Waals surface area contributed by atoms with Crippen LogP contribution in [0.1, 0.15) is 29.0 Å². The van der Waals surface area contributed by atoms with Crippen LogP contribution in [-0.4, -0.2) is 21.1 Å². The van der Waals surface area contributed by atoms with Gasteiger partial charge < -0.3 is 5.32 Å². The first-order chi connectivity index (χ1) is 10.7. The summed E-state index contributed by atoms with van der Waals surface area (Å²) >= 11 is 0. The van der Waals surface area contributed by atoms with Crippen molar-refractivity contribution in [1.29, 1.82) is 0 Å². The third-order valence-electron chi connectivity index (χ3n) is 3.42. The Balaban J connectivity index is 1.72. The maximum atomic E-state index is 12.3. The molecule has 0 aliphatic carbocycles. The number of amides is 1. The van der Waals surface area contributed by atoms with Gasteiger partial charge in [-0.1, -0.05) is 36.4 Å². The normalized spacial score (nSPS) is 11.9. The summed E-state index contributed by atoms with van der Waals surface area (Å²) in [5, 5.41) is 9.90. The Bertz CT molecular complexity index is 753.